The molecule has 0 aliphatic heterocycles. The van der Waals surface area contributed by atoms with Crippen molar-refractivity contribution < 1.29 is 22.6 Å². The average Bonchev–Trinajstić information content (AvgIpc) is 3.22. The molecule has 30 heavy (non-hydrogen) atoms. The van der Waals surface area contributed by atoms with Gasteiger partial charge < -0.3 is 20.6 Å². The lowest BCUT2D eigenvalue weighted by Crippen LogP contribution is -2.27. The molecule has 0 amide bonds. The van der Waals surface area contributed by atoms with Crippen LogP contribution in [0.15, 0.2) is 48.7 Å². The Hall–Kier alpha value is -2.91. The second-order valence-corrected chi connectivity index (χ2v) is 7.54. The molecule has 2 aromatic heterocycles. The van der Waals surface area contributed by atoms with E-state index >= 15 is 0 Å². The molecule has 0 spiro atoms. The van der Waals surface area contributed by atoms with E-state index < -0.39 is 24.4 Å². The molecule has 0 radical (unpaired) electrons. The van der Waals surface area contributed by atoms with Crippen molar-refractivity contribution in [1.82, 2.24) is 4.98 Å². The molecular weight excluding hydrogens is 415 g/mol. The number of hydrogen-bond donors (Lipinski definition) is 2. The molecular formula is C21H20F3N3O2S. The summed E-state index contributed by atoms with van der Waals surface area (Å²) in [7, 11) is 3.17. The predicted molar refractivity (Wildman–Crippen MR) is 111 cm³/mol. The number of methoxy groups -OCH3 is 2. The van der Waals surface area contributed by atoms with Crippen LogP contribution in [0.3, 0.4) is 0 Å². The van der Waals surface area contributed by atoms with Crippen molar-refractivity contribution in [3.8, 4) is 32.4 Å². The maximum atomic E-state index is 12.6. The molecule has 1 atom stereocenters. The summed E-state index contributed by atoms with van der Waals surface area (Å²) in [6.45, 7) is 0. The fourth-order valence-corrected chi connectivity index (χ4v) is 4.02. The zero-order chi connectivity index (χ0) is 21.9. The van der Waals surface area contributed by atoms with Gasteiger partial charge in [-0.2, -0.15) is 13.2 Å². The van der Waals surface area contributed by atoms with Crippen molar-refractivity contribution in [2.24, 2.45) is 5.73 Å². The van der Waals surface area contributed by atoms with Crippen LogP contribution >= 0.6 is 11.3 Å². The Morgan fingerprint density at radius 1 is 1.10 bits per heavy atom. The van der Waals surface area contributed by atoms with E-state index in [0.717, 1.165) is 20.9 Å². The number of benzene rings is 1. The number of pyridine rings is 1. The quantitative estimate of drug-likeness (QED) is 0.483. The first-order valence-electron chi connectivity index (χ1n) is 8.92. The molecule has 0 saturated heterocycles. The van der Waals surface area contributed by atoms with Crippen LogP contribution in [0, 0.1) is 5.41 Å². The van der Waals surface area contributed by atoms with Crippen LogP contribution in [0.1, 0.15) is 18.2 Å². The smallest absolute Gasteiger partial charge is 0.428 e. The van der Waals surface area contributed by atoms with Gasteiger partial charge in [0.15, 0.2) is 0 Å². The maximum absolute atomic E-state index is 12.6. The first-order chi connectivity index (χ1) is 14.2. The third kappa shape index (κ3) is 4.63. The second kappa shape index (κ2) is 8.85. The van der Waals surface area contributed by atoms with Gasteiger partial charge in [0, 0.05) is 22.4 Å². The van der Waals surface area contributed by atoms with E-state index in [9.17, 15) is 13.2 Å². The molecule has 158 valence electrons. The van der Waals surface area contributed by atoms with Crippen molar-refractivity contribution in [1.29, 1.82) is 5.41 Å². The highest BCUT2D eigenvalue weighted by atomic mass is 32.1. The summed E-state index contributed by atoms with van der Waals surface area (Å²) >= 11 is 1.49. The van der Waals surface area contributed by atoms with Gasteiger partial charge in [-0.3, -0.25) is 4.98 Å². The molecule has 3 aromatic rings. The van der Waals surface area contributed by atoms with Crippen LogP contribution in [0.5, 0.6) is 11.5 Å². The average molecular weight is 435 g/mol. The molecule has 0 aliphatic rings. The van der Waals surface area contributed by atoms with Gasteiger partial charge in [0.25, 0.3) is 0 Å². The second-order valence-electron chi connectivity index (χ2n) is 6.46. The molecule has 3 rings (SSSR count). The topological polar surface area (TPSA) is 81.2 Å². The summed E-state index contributed by atoms with van der Waals surface area (Å²) in [4.78, 5) is 5.90. The van der Waals surface area contributed by atoms with Gasteiger partial charge in [-0.05, 0) is 42.0 Å². The van der Waals surface area contributed by atoms with E-state index in [1.165, 1.54) is 17.5 Å². The summed E-state index contributed by atoms with van der Waals surface area (Å²) in [5.41, 5.74) is 6.40. The van der Waals surface area contributed by atoms with Crippen LogP contribution in [0.25, 0.3) is 20.9 Å². The Balaban J connectivity index is 1.90. The Labute approximate surface area is 175 Å². The van der Waals surface area contributed by atoms with Gasteiger partial charge in [0.05, 0.1) is 31.5 Å². The summed E-state index contributed by atoms with van der Waals surface area (Å²) in [5.74, 6) is 1.34. The number of nitrogens with zero attached hydrogens (tertiary/aromatic N) is 1. The number of thiophene rings is 1. The molecule has 3 N–H and O–H groups in total. The molecule has 0 saturated carbocycles. The van der Waals surface area contributed by atoms with Crippen LogP contribution < -0.4 is 15.2 Å². The van der Waals surface area contributed by atoms with Crippen molar-refractivity contribution in [2.75, 3.05) is 14.2 Å². The molecule has 0 bridgehead atoms. The minimum absolute atomic E-state index is 0.298. The molecule has 2 heterocycles. The SMILES string of the molecule is COc1cccc(OC)c1-c1ccc(-c2ccnc(C(N)CC(=N)C(F)(F)F)c2)s1. The number of rotatable bonds is 7. The number of nitrogens with one attached hydrogen (secondary N) is 1. The highest BCUT2D eigenvalue weighted by molar-refractivity contribution is 7.18. The van der Waals surface area contributed by atoms with E-state index in [4.69, 9.17) is 20.6 Å². The normalized spacial score (nSPS) is 12.5. The number of aromatic nitrogens is 1. The molecule has 0 aliphatic carbocycles. The van der Waals surface area contributed by atoms with Crippen molar-refractivity contribution in [3.05, 3.63) is 54.4 Å². The number of halogens is 3. The maximum Gasteiger partial charge on any atom is 0.428 e. The van der Waals surface area contributed by atoms with Crippen molar-refractivity contribution in [2.45, 2.75) is 18.6 Å². The van der Waals surface area contributed by atoms with Crippen molar-refractivity contribution in [3.63, 3.8) is 0 Å². The van der Waals surface area contributed by atoms with Gasteiger partial charge >= 0.3 is 6.18 Å². The predicted octanol–water partition coefficient (Wildman–Crippen LogP) is 5.47. The lowest BCUT2D eigenvalue weighted by atomic mass is 10.0. The van der Waals surface area contributed by atoms with E-state index in [1.54, 1.807) is 26.4 Å². The standard InChI is InChI=1S/C21H20F3N3O2S/c1-28-15-4-3-5-16(29-2)20(15)18-7-6-17(30-18)12-8-9-27-14(10-12)13(25)11-19(26)21(22,23)24/h3-10,13,26H,11,25H2,1-2H3. The van der Waals surface area contributed by atoms with E-state index in [1.807, 2.05) is 30.3 Å². The van der Waals surface area contributed by atoms with Gasteiger partial charge in [-0.25, -0.2) is 0 Å². The molecule has 9 heteroatoms. The Morgan fingerprint density at radius 2 is 1.73 bits per heavy atom. The summed E-state index contributed by atoms with van der Waals surface area (Å²) in [6, 6.07) is 11.8. The third-order valence-electron chi connectivity index (χ3n) is 4.49. The largest absolute Gasteiger partial charge is 0.496 e. The first kappa shape index (κ1) is 21.8. The molecule has 1 unspecified atom stereocenters. The Kier molecular flexibility index (Phi) is 6.42. The third-order valence-corrected chi connectivity index (χ3v) is 5.64. The zero-order valence-corrected chi connectivity index (χ0v) is 17.1. The number of ether oxygens (including phenoxy) is 2. The van der Waals surface area contributed by atoms with Gasteiger partial charge in [-0.15, -0.1) is 11.3 Å². The van der Waals surface area contributed by atoms with Gasteiger partial charge in [-0.1, -0.05) is 6.07 Å². The summed E-state index contributed by atoms with van der Waals surface area (Å²) in [6.07, 6.45) is -3.81. The number of nitrogens with two attached hydrogens (primary N) is 1. The minimum atomic E-state index is -4.69. The van der Waals surface area contributed by atoms with Crippen LogP contribution in [0.4, 0.5) is 13.2 Å². The number of hydrogen-bond acceptors (Lipinski definition) is 6. The summed E-state index contributed by atoms with van der Waals surface area (Å²) < 4.78 is 48.8. The lowest BCUT2D eigenvalue weighted by molar-refractivity contribution is -0.0615. The minimum Gasteiger partial charge on any atom is -0.496 e. The van der Waals surface area contributed by atoms with Crippen LogP contribution in [-0.4, -0.2) is 31.1 Å². The van der Waals surface area contributed by atoms with Crippen LogP contribution in [0.2, 0.25) is 0 Å². The van der Waals surface area contributed by atoms with Gasteiger partial charge in [0.2, 0.25) is 0 Å². The van der Waals surface area contributed by atoms with E-state index in [2.05, 4.69) is 4.98 Å². The molecule has 1 aromatic carbocycles. The van der Waals surface area contributed by atoms with Crippen molar-refractivity contribution >= 4 is 17.0 Å². The molecule has 5 nitrogen and oxygen atoms in total. The van der Waals surface area contributed by atoms with E-state index in [-0.39, 0.29) is 0 Å². The Morgan fingerprint density at radius 3 is 2.33 bits per heavy atom. The fourth-order valence-electron chi connectivity index (χ4n) is 2.97. The first-order valence-corrected chi connectivity index (χ1v) is 9.74. The van der Waals surface area contributed by atoms with Crippen LogP contribution in [-0.2, 0) is 0 Å². The fraction of sp³-hybridized carbons (Fsp3) is 0.238. The zero-order valence-electron chi connectivity index (χ0n) is 16.3. The summed E-state index contributed by atoms with van der Waals surface area (Å²) in [5, 5.41) is 7.16. The highest BCUT2D eigenvalue weighted by Gasteiger charge is 2.35. The Bertz CT molecular complexity index is 1030. The number of alkyl halides is 3. The van der Waals surface area contributed by atoms with E-state index in [0.29, 0.717) is 17.2 Å². The lowest BCUT2D eigenvalue weighted by Gasteiger charge is -2.14. The monoisotopic (exact) mass is 435 g/mol. The molecule has 0 fully saturated rings. The highest BCUT2D eigenvalue weighted by Crippen LogP contribution is 2.43. The van der Waals surface area contributed by atoms with Gasteiger partial charge in [0.1, 0.15) is 17.2 Å².